The van der Waals surface area contributed by atoms with Gasteiger partial charge >= 0.3 is 6.09 Å². The summed E-state index contributed by atoms with van der Waals surface area (Å²) < 4.78 is 5.75. The molecule has 1 fully saturated rings. The van der Waals surface area contributed by atoms with Crippen LogP contribution in [-0.2, 0) is 9.53 Å². The van der Waals surface area contributed by atoms with E-state index in [-0.39, 0.29) is 49.5 Å². The Bertz CT molecular complexity index is 913. The van der Waals surface area contributed by atoms with Crippen molar-refractivity contribution < 1.29 is 19.4 Å². The number of amides is 2. The van der Waals surface area contributed by atoms with Gasteiger partial charge in [-0.15, -0.1) is 0 Å². The Morgan fingerprint density at radius 1 is 1.03 bits per heavy atom. The van der Waals surface area contributed by atoms with E-state index in [4.69, 9.17) is 4.74 Å². The molecular weight excluding hydrogens is 392 g/mol. The van der Waals surface area contributed by atoms with E-state index >= 15 is 0 Å². The van der Waals surface area contributed by atoms with Crippen molar-refractivity contribution in [3.63, 3.8) is 0 Å². The molecule has 0 radical (unpaired) electrons. The average molecular weight is 423 g/mol. The van der Waals surface area contributed by atoms with Crippen molar-refractivity contribution in [3.8, 4) is 11.1 Å². The molecule has 0 aromatic heterocycles. The van der Waals surface area contributed by atoms with E-state index < -0.39 is 0 Å². The predicted molar refractivity (Wildman–Crippen MR) is 119 cm³/mol. The zero-order valence-corrected chi connectivity index (χ0v) is 18.2. The molecule has 2 amide bonds. The lowest BCUT2D eigenvalue weighted by molar-refractivity contribution is -0.134. The van der Waals surface area contributed by atoms with E-state index in [1.54, 1.807) is 9.80 Å². The van der Waals surface area contributed by atoms with E-state index in [0.717, 1.165) is 0 Å². The number of rotatable bonds is 5. The zero-order valence-electron chi connectivity index (χ0n) is 18.2. The Hall–Kier alpha value is -2.86. The summed E-state index contributed by atoms with van der Waals surface area (Å²) in [5.41, 5.74) is 4.74. The van der Waals surface area contributed by atoms with Crippen LogP contribution in [0.2, 0.25) is 0 Å². The van der Waals surface area contributed by atoms with Crippen molar-refractivity contribution in [2.24, 2.45) is 5.92 Å². The first-order chi connectivity index (χ1) is 15.0. The molecule has 31 heavy (non-hydrogen) atoms. The monoisotopic (exact) mass is 422 g/mol. The maximum atomic E-state index is 12.8. The Labute approximate surface area is 183 Å². The normalized spacial score (nSPS) is 17.4. The van der Waals surface area contributed by atoms with Gasteiger partial charge in [0.2, 0.25) is 5.91 Å². The third-order valence-electron chi connectivity index (χ3n) is 6.48. The van der Waals surface area contributed by atoms with E-state index in [1.165, 1.54) is 22.3 Å². The van der Waals surface area contributed by atoms with Crippen LogP contribution in [0.3, 0.4) is 0 Å². The Kier molecular flexibility index (Phi) is 6.28. The van der Waals surface area contributed by atoms with Crippen LogP contribution in [0.15, 0.2) is 48.5 Å². The highest BCUT2D eigenvalue weighted by Crippen LogP contribution is 2.44. The molecule has 2 aromatic carbocycles. The third kappa shape index (κ3) is 4.17. The van der Waals surface area contributed by atoms with E-state index in [9.17, 15) is 14.7 Å². The van der Waals surface area contributed by atoms with Gasteiger partial charge in [0, 0.05) is 32.0 Å². The van der Waals surface area contributed by atoms with Crippen LogP contribution in [0.1, 0.15) is 37.3 Å². The molecule has 1 atom stereocenters. The molecule has 2 aliphatic rings. The molecule has 2 aromatic rings. The van der Waals surface area contributed by atoms with Gasteiger partial charge < -0.3 is 19.6 Å². The second-order valence-corrected chi connectivity index (χ2v) is 8.62. The summed E-state index contributed by atoms with van der Waals surface area (Å²) in [6.07, 6.45) is -0.144. The van der Waals surface area contributed by atoms with Crippen LogP contribution in [0.4, 0.5) is 4.79 Å². The van der Waals surface area contributed by atoms with Gasteiger partial charge in [0.05, 0.1) is 12.6 Å². The number of carbonyl (C=O) groups excluding carboxylic acids is 2. The highest BCUT2D eigenvalue weighted by atomic mass is 16.6. The highest BCUT2D eigenvalue weighted by molar-refractivity contribution is 5.80. The quantitative estimate of drug-likeness (QED) is 0.801. The van der Waals surface area contributed by atoms with Crippen molar-refractivity contribution in [2.75, 3.05) is 32.8 Å². The molecule has 1 aliphatic heterocycles. The van der Waals surface area contributed by atoms with Gasteiger partial charge in [-0.05, 0) is 28.2 Å². The topological polar surface area (TPSA) is 70.1 Å². The van der Waals surface area contributed by atoms with Gasteiger partial charge in [0.25, 0.3) is 0 Å². The predicted octanol–water partition coefficient (Wildman–Crippen LogP) is 3.49. The summed E-state index contributed by atoms with van der Waals surface area (Å²) in [6, 6.07) is 16.3. The molecule has 0 bridgehead atoms. The van der Waals surface area contributed by atoms with Crippen LogP contribution >= 0.6 is 0 Å². The van der Waals surface area contributed by atoms with Crippen molar-refractivity contribution >= 4 is 12.0 Å². The van der Waals surface area contributed by atoms with E-state index in [2.05, 4.69) is 24.3 Å². The molecule has 1 N–H and O–H groups in total. The number of aliphatic hydroxyl groups excluding tert-OH is 1. The molecule has 4 rings (SSSR count). The van der Waals surface area contributed by atoms with Gasteiger partial charge in [-0.2, -0.15) is 0 Å². The molecule has 6 heteroatoms. The number of hydrogen-bond acceptors (Lipinski definition) is 4. The molecule has 164 valence electrons. The maximum absolute atomic E-state index is 12.8. The van der Waals surface area contributed by atoms with Gasteiger partial charge in [0.15, 0.2) is 0 Å². The number of ether oxygens (including phenoxy) is 1. The summed E-state index contributed by atoms with van der Waals surface area (Å²) >= 11 is 0. The summed E-state index contributed by atoms with van der Waals surface area (Å²) in [4.78, 5) is 28.7. The number of fused-ring (bicyclic) bond motifs is 3. The van der Waals surface area contributed by atoms with Crippen molar-refractivity contribution in [1.82, 2.24) is 9.80 Å². The number of aliphatic hydroxyl groups is 1. The molecule has 1 saturated heterocycles. The van der Waals surface area contributed by atoms with Crippen LogP contribution < -0.4 is 0 Å². The lowest BCUT2D eigenvalue weighted by atomic mass is 9.98. The molecule has 0 saturated carbocycles. The Morgan fingerprint density at radius 2 is 1.65 bits per heavy atom. The molecular formula is C25H30N2O4. The van der Waals surface area contributed by atoms with Crippen LogP contribution in [0.5, 0.6) is 0 Å². The smallest absolute Gasteiger partial charge is 0.409 e. The second kappa shape index (κ2) is 9.10. The number of hydrogen-bond donors (Lipinski definition) is 1. The van der Waals surface area contributed by atoms with Crippen LogP contribution in [0.25, 0.3) is 11.1 Å². The summed E-state index contributed by atoms with van der Waals surface area (Å²) in [5, 5.41) is 9.70. The molecule has 0 spiro atoms. The fraction of sp³-hybridized carbons (Fsp3) is 0.440. The minimum Gasteiger partial charge on any atom is -0.448 e. The number of benzene rings is 2. The lowest BCUT2D eigenvalue weighted by Crippen LogP contribution is -2.46. The van der Waals surface area contributed by atoms with Gasteiger partial charge in [-0.1, -0.05) is 62.4 Å². The first kappa shape index (κ1) is 21.4. The molecule has 0 unspecified atom stereocenters. The highest BCUT2D eigenvalue weighted by Gasteiger charge is 2.32. The zero-order chi connectivity index (χ0) is 22.0. The minimum atomic E-state index is -0.387. The van der Waals surface area contributed by atoms with Gasteiger partial charge in [-0.25, -0.2) is 4.79 Å². The maximum Gasteiger partial charge on any atom is 0.409 e. The summed E-state index contributed by atoms with van der Waals surface area (Å²) in [5.74, 6) is 0.137. The van der Waals surface area contributed by atoms with Crippen LogP contribution in [-0.4, -0.2) is 65.8 Å². The number of nitrogens with zero attached hydrogens (tertiary/aromatic N) is 2. The largest absolute Gasteiger partial charge is 0.448 e. The van der Waals surface area contributed by atoms with E-state index in [1.807, 2.05) is 38.1 Å². The fourth-order valence-corrected chi connectivity index (χ4v) is 4.73. The summed E-state index contributed by atoms with van der Waals surface area (Å²) in [7, 11) is 0. The Morgan fingerprint density at radius 3 is 2.23 bits per heavy atom. The standard InChI is InChI=1S/C25H30N2O4/c1-17(2)23(15-28)27-14-13-26(12-11-24(27)29)25(30)31-16-22-20-9-5-3-7-18(20)19-8-4-6-10-21(19)22/h3-10,17,22-23,28H,11-16H2,1-2H3/t23-/m1/s1. The van der Waals surface area contributed by atoms with Crippen molar-refractivity contribution in [2.45, 2.75) is 32.2 Å². The first-order valence-corrected chi connectivity index (χ1v) is 11.0. The molecule has 1 aliphatic carbocycles. The summed E-state index contributed by atoms with van der Waals surface area (Å²) in [6.45, 7) is 5.33. The second-order valence-electron chi connectivity index (χ2n) is 8.62. The molecule has 1 heterocycles. The Balaban J connectivity index is 1.42. The third-order valence-corrected chi connectivity index (χ3v) is 6.48. The first-order valence-electron chi connectivity index (χ1n) is 11.0. The van der Waals surface area contributed by atoms with Crippen molar-refractivity contribution in [1.29, 1.82) is 0 Å². The average Bonchev–Trinajstić information content (AvgIpc) is 2.97. The fourth-order valence-electron chi connectivity index (χ4n) is 4.73. The van der Waals surface area contributed by atoms with Gasteiger partial charge in [-0.3, -0.25) is 4.79 Å². The lowest BCUT2D eigenvalue weighted by Gasteiger charge is -2.32. The van der Waals surface area contributed by atoms with Crippen molar-refractivity contribution in [3.05, 3.63) is 59.7 Å². The minimum absolute atomic E-state index is 0.0150. The number of carbonyl (C=O) groups is 2. The van der Waals surface area contributed by atoms with E-state index in [0.29, 0.717) is 19.6 Å². The molecule has 6 nitrogen and oxygen atoms in total. The van der Waals surface area contributed by atoms with Gasteiger partial charge in [0.1, 0.15) is 6.61 Å². The van der Waals surface area contributed by atoms with Crippen LogP contribution in [0, 0.1) is 5.92 Å². The SMILES string of the molecule is CC(C)[C@@H](CO)N1CCN(C(=O)OCC2c3ccccc3-c3ccccc32)CCC1=O.